The van der Waals surface area contributed by atoms with E-state index in [0.717, 1.165) is 31.7 Å². The van der Waals surface area contributed by atoms with Crippen LogP contribution < -0.4 is 9.47 Å². The number of hydrogen-bond donors (Lipinski definition) is 0. The number of hydrogen-bond acceptors (Lipinski definition) is 5. The van der Waals surface area contributed by atoms with Gasteiger partial charge in [0, 0.05) is 31.2 Å². The van der Waals surface area contributed by atoms with Crippen LogP contribution in [0.4, 0.5) is 0 Å². The van der Waals surface area contributed by atoms with Crippen LogP contribution >= 0.6 is 11.6 Å². The molecule has 0 amide bonds. The van der Waals surface area contributed by atoms with Gasteiger partial charge in [-0.15, -0.1) is 0 Å². The number of likely N-dealkylation sites (N-methyl/N-ethyl adjacent to an activating group) is 1. The zero-order chi connectivity index (χ0) is 17.0. The molecule has 6 heteroatoms. The molecule has 2 atom stereocenters. The fourth-order valence-corrected chi connectivity index (χ4v) is 3.49. The minimum Gasteiger partial charge on any atom is -0.493 e. The number of halogens is 1. The van der Waals surface area contributed by atoms with Gasteiger partial charge in [-0.05, 0) is 19.5 Å². The fourth-order valence-electron chi connectivity index (χ4n) is 3.16. The summed E-state index contributed by atoms with van der Waals surface area (Å²) >= 11 is 6.50. The molecule has 1 aromatic rings. The van der Waals surface area contributed by atoms with Crippen molar-refractivity contribution in [3.63, 3.8) is 0 Å². The molecule has 1 fully saturated rings. The Morgan fingerprint density at radius 3 is 2.61 bits per heavy atom. The van der Waals surface area contributed by atoms with E-state index in [1.54, 1.807) is 20.3 Å². The maximum absolute atomic E-state index is 9.75. The number of methoxy groups -OCH3 is 2. The Hall–Kier alpha value is -1.48. The lowest BCUT2D eigenvalue weighted by Gasteiger charge is -2.41. The van der Waals surface area contributed by atoms with E-state index in [9.17, 15) is 5.26 Å². The first-order valence-electron chi connectivity index (χ1n) is 7.85. The third-order valence-electron chi connectivity index (χ3n) is 4.47. The molecular weight excluding hydrogens is 314 g/mol. The normalized spacial score (nSPS) is 20.8. The Balaban J connectivity index is 2.34. The van der Waals surface area contributed by atoms with Crippen LogP contribution in [0, 0.1) is 11.3 Å². The number of benzene rings is 1. The summed E-state index contributed by atoms with van der Waals surface area (Å²) in [6, 6.07) is 5.97. The summed E-state index contributed by atoms with van der Waals surface area (Å²) < 4.78 is 10.6. The van der Waals surface area contributed by atoms with Crippen LogP contribution in [-0.4, -0.2) is 56.2 Å². The molecule has 1 saturated heterocycles. The molecule has 0 bridgehead atoms. The molecule has 0 aromatic heterocycles. The number of piperazine rings is 1. The smallest absolute Gasteiger partial charge is 0.179 e. The second-order valence-electron chi connectivity index (χ2n) is 5.72. The predicted octanol–water partition coefficient (Wildman–Crippen LogP) is 2.95. The minimum absolute atomic E-state index is 0.289. The lowest BCUT2D eigenvalue weighted by molar-refractivity contribution is 0.0683. The maximum Gasteiger partial charge on any atom is 0.179 e. The van der Waals surface area contributed by atoms with E-state index < -0.39 is 6.04 Å². The van der Waals surface area contributed by atoms with Crippen LogP contribution in [0.25, 0.3) is 0 Å². The molecule has 0 spiro atoms. The SMILES string of the molecule is CCN1CCN(C(C#N)c2ccc(OC)c(OC)c2Cl)C(C)C1. The highest BCUT2D eigenvalue weighted by Crippen LogP contribution is 2.41. The van der Waals surface area contributed by atoms with Crippen LogP contribution in [0.15, 0.2) is 12.1 Å². The second kappa shape index (κ2) is 7.87. The van der Waals surface area contributed by atoms with E-state index in [-0.39, 0.29) is 6.04 Å². The Bertz CT molecular complexity index is 588. The third kappa shape index (κ3) is 3.55. The summed E-state index contributed by atoms with van der Waals surface area (Å²) in [5, 5.41) is 10.2. The van der Waals surface area contributed by atoms with Crippen molar-refractivity contribution in [2.75, 3.05) is 40.4 Å². The highest BCUT2D eigenvalue weighted by molar-refractivity contribution is 6.33. The molecule has 0 radical (unpaired) electrons. The van der Waals surface area contributed by atoms with Crippen molar-refractivity contribution in [3.05, 3.63) is 22.7 Å². The van der Waals surface area contributed by atoms with Crippen molar-refractivity contribution in [2.24, 2.45) is 0 Å². The summed E-state index contributed by atoms with van der Waals surface area (Å²) in [5.74, 6) is 1.05. The van der Waals surface area contributed by atoms with Crippen molar-refractivity contribution in [2.45, 2.75) is 25.9 Å². The van der Waals surface area contributed by atoms with Crippen LogP contribution in [0.1, 0.15) is 25.5 Å². The summed E-state index contributed by atoms with van der Waals surface area (Å²) in [6.07, 6.45) is 0. The van der Waals surface area contributed by atoms with Gasteiger partial charge >= 0.3 is 0 Å². The zero-order valence-electron chi connectivity index (χ0n) is 14.2. The van der Waals surface area contributed by atoms with Crippen LogP contribution in [0.3, 0.4) is 0 Å². The molecule has 0 N–H and O–H groups in total. The average Bonchev–Trinajstić information content (AvgIpc) is 2.57. The predicted molar refractivity (Wildman–Crippen MR) is 91.2 cm³/mol. The first-order chi connectivity index (χ1) is 11.1. The van der Waals surface area contributed by atoms with Gasteiger partial charge in [0.15, 0.2) is 11.5 Å². The standard InChI is InChI=1S/C17H24ClN3O2/c1-5-20-8-9-21(12(2)11-20)14(10-19)13-6-7-15(22-3)17(23-4)16(13)18/h6-7,12,14H,5,8-9,11H2,1-4H3. The molecule has 1 aliphatic rings. The molecular formula is C17H24ClN3O2. The van der Waals surface area contributed by atoms with Gasteiger partial charge in [0.1, 0.15) is 6.04 Å². The molecule has 0 aliphatic carbocycles. The van der Waals surface area contributed by atoms with Crippen molar-refractivity contribution >= 4 is 11.6 Å². The van der Waals surface area contributed by atoms with Gasteiger partial charge in [0.2, 0.25) is 0 Å². The monoisotopic (exact) mass is 337 g/mol. The molecule has 5 nitrogen and oxygen atoms in total. The van der Waals surface area contributed by atoms with E-state index >= 15 is 0 Å². The highest BCUT2D eigenvalue weighted by atomic mass is 35.5. The topological polar surface area (TPSA) is 48.7 Å². The second-order valence-corrected chi connectivity index (χ2v) is 6.09. The highest BCUT2D eigenvalue weighted by Gasteiger charge is 2.32. The molecule has 1 heterocycles. The molecule has 1 aromatic carbocycles. The lowest BCUT2D eigenvalue weighted by atomic mass is 10.0. The first kappa shape index (κ1) is 17.9. The molecule has 0 saturated carbocycles. The minimum atomic E-state index is -0.392. The quantitative estimate of drug-likeness (QED) is 0.826. The van der Waals surface area contributed by atoms with E-state index in [0.29, 0.717) is 16.5 Å². The summed E-state index contributed by atoms with van der Waals surface area (Å²) in [5.41, 5.74) is 0.767. The summed E-state index contributed by atoms with van der Waals surface area (Å²) in [4.78, 5) is 4.60. The van der Waals surface area contributed by atoms with Crippen molar-refractivity contribution in [3.8, 4) is 17.6 Å². The van der Waals surface area contributed by atoms with Gasteiger partial charge in [-0.25, -0.2) is 0 Å². The van der Waals surface area contributed by atoms with Gasteiger partial charge in [0.05, 0.1) is 25.3 Å². The maximum atomic E-state index is 9.75. The van der Waals surface area contributed by atoms with E-state index in [2.05, 4.69) is 29.7 Å². The Morgan fingerprint density at radius 1 is 1.35 bits per heavy atom. The molecule has 1 aliphatic heterocycles. The van der Waals surface area contributed by atoms with Gasteiger partial charge < -0.3 is 14.4 Å². The van der Waals surface area contributed by atoms with E-state index in [1.807, 2.05) is 6.07 Å². The van der Waals surface area contributed by atoms with Crippen molar-refractivity contribution < 1.29 is 9.47 Å². The van der Waals surface area contributed by atoms with E-state index in [1.165, 1.54) is 0 Å². The molecule has 126 valence electrons. The molecule has 2 unspecified atom stereocenters. The fraction of sp³-hybridized carbons (Fsp3) is 0.588. The Morgan fingerprint density at radius 2 is 2.09 bits per heavy atom. The Kier molecular flexibility index (Phi) is 6.11. The summed E-state index contributed by atoms with van der Waals surface area (Å²) in [6.45, 7) is 8.12. The van der Waals surface area contributed by atoms with Gasteiger partial charge in [-0.3, -0.25) is 4.90 Å². The first-order valence-corrected chi connectivity index (χ1v) is 8.23. The van der Waals surface area contributed by atoms with Crippen molar-refractivity contribution in [1.29, 1.82) is 5.26 Å². The Labute approximate surface area is 143 Å². The zero-order valence-corrected chi connectivity index (χ0v) is 14.9. The number of rotatable bonds is 5. The number of nitrogens with zero attached hydrogens (tertiary/aromatic N) is 3. The van der Waals surface area contributed by atoms with Gasteiger partial charge in [0.25, 0.3) is 0 Å². The van der Waals surface area contributed by atoms with Gasteiger partial charge in [-0.1, -0.05) is 24.6 Å². The lowest BCUT2D eigenvalue weighted by Crippen LogP contribution is -2.52. The van der Waals surface area contributed by atoms with Crippen molar-refractivity contribution in [1.82, 2.24) is 9.80 Å². The van der Waals surface area contributed by atoms with E-state index in [4.69, 9.17) is 21.1 Å². The average molecular weight is 338 g/mol. The van der Waals surface area contributed by atoms with Crippen LogP contribution in [0.2, 0.25) is 5.02 Å². The molecule has 2 rings (SSSR count). The molecule has 23 heavy (non-hydrogen) atoms. The van der Waals surface area contributed by atoms with Gasteiger partial charge in [-0.2, -0.15) is 5.26 Å². The van der Waals surface area contributed by atoms with Crippen LogP contribution in [-0.2, 0) is 0 Å². The number of nitriles is 1. The summed E-state index contributed by atoms with van der Waals surface area (Å²) in [7, 11) is 3.12. The van der Waals surface area contributed by atoms with Crippen LogP contribution in [0.5, 0.6) is 11.5 Å². The third-order valence-corrected chi connectivity index (χ3v) is 4.86. The number of ether oxygens (including phenoxy) is 2. The largest absolute Gasteiger partial charge is 0.493 e.